The molecule has 0 aromatic carbocycles. The zero-order chi connectivity index (χ0) is 14.4. The quantitative estimate of drug-likeness (QED) is 0.739. The third kappa shape index (κ3) is 4.75. The number of likely N-dealkylation sites (tertiary alicyclic amines) is 1. The van der Waals surface area contributed by atoms with Crippen LogP contribution in [0.5, 0.6) is 0 Å². The van der Waals surface area contributed by atoms with Crippen molar-refractivity contribution < 1.29 is 14.3 Å². The minimum atomic E-state index is -0.227. The second-order valence-corrected chi connectivity index (χ2v) is 5.55. The predicted octanol–water partition coefficient (Wildman–Crippen LogP) is 1.23. The molecule has 5 heteroatoms. The van der Waals surface area contributed by atoms with Crippen LogP contribution in [0, 0.1) is 5.92 Å². The fourth-order valence-corrected chi connectivity index (χ4v) is 2.59. The van der Waals surface area contributed by atoms with Gasteiger partial charge in [0.1, 0.15) is 0 Å². The normalized spacial score (nSPS) is 19.2. The van der Waals surface area contributed by atoms with Gasteiger partial charge in [-0.1, -0.05) is 13.8 Å². The van der Waals surface area contributed by atoms with Crippen LogP contribution in [0.4, 0.5) is 0 Å². The van der Waals surface area contributed by atoms with Crippen molar-refractivity contribution in [2.75, 3.05) is 27.3 Å². The maximum absolute atomic E-state index is 11.9. The minimum absolute atomic E-state index is 0.0924. The highest BCUT2D eigenvalue weighted by Crippen LogP contribution is 2.14. The van der Waals surface area contributed by atoms with Crippen molar-refractivity contribution in [1.29, 1.82) is 0 Å². The number of rotatable bonds is 6. The van der Waals surface area contributed by atoms with E-state index in [4.69, 9.17) is 9.47 Å². The van der Waals surface area contributed by atoms with Gasteiger partial charge in [-0.05, 0) is 19.8 Å². The summed E-state index contributed by atoms with van der Waals surface area (Å²) in [6, 6.07) is 0.575. The molecule has 1 atom stereocenters. The van der Waals surface area contributed by atoms with E-state index in [0.29, 0.717) is 6.04 Å². The Kier molecular flexibility index (Phi) is 6.75. The third-order valence-corrected chi connectivity index (χ3v) is 3.67. The summed E-state index contributed by atoms with van der Waals surface area (Å²) >= 11 is 0. The molecule has 112 valence electrons. The van der Waals surface area contributed by atoms with Crippen LogP contribution in [0.1, 0.15) is 33.6 Å². The standard InChI is InChI=1S/C14H28N2O3/c1-10(2)13(17)16-8-6-12(7-9-16)15-11(3)14(18-4)19-5/h10-12,14-15H,6-9H2,1-5H3. The second kappa shape index (κ2) is 7.82. The van der Waals surface area contributed by atoms with Gasteiger partial charge < -0.3 is 19.7 Å². The minimum Gasteiger partial charge on any atom is -0.354 e. The Balaban J connectivity index is 2.36. The molecular formula is C14H28N2O3. The molecule has 19 heavy (non-hydrogen) atoms. The molecule has 1 fully saturated rings. The van der Waals surface area contributed by atoms with Gasteiger partial charge in [0.05, 0.1) is 6.04 Å². The Bertz CT molecular complexity index is 272. The summed E-state index contributed by atoms with van der Waals surface area (Å²) in [7, 11) is 3.30. The molecule has 1 unspecified atom stereocenters. The highest BCUT2D eigenvalue weighted by Gasteiger charge is 2.26. The van der Waals surface area contributed by atoms with Crippen LogP contribution in [0.15, 0.2) is 0 Å². The molecule has 0 bridgehead atoms. The van der Waals surface area contributed by atoms with Gasteiger partial charge in [0.2, 0.25) is 5.91 Å². The van der Waals surface area contributed by atoms with Crippen LogP contribution in [0.2, 0.25) is 0 Å². The lowest BCUT2D eigenvalue weighted by molar-refractivity contribution is -0.136. The second-order valence-electron chi connectivity index (χ2n) is 5.55. The number of methoxy groups -OCH3 is 2. The van der Waals surface area contributed by atoms with Gasteiger partial charge in [-0.3, -0.25) is 4.79 Å². The Morgan fingerprint density at radius 1 is 1.16 bits per heavy atom. The van der Waals surface area contributed by atoms with Gasteiger partial charge in [0.15, 0.2) is 6.29 Å². The van der Waals surface area contributed by atoms with E-state index < -0.39 is 0 Å². The number of ether oxygens (including phenoxy) is 2. The number of hydrogen-bond donors (Lipinski definition) is 1. The van der Waals surface area contributed by atoms with E-state index in [0.717, 1.165) is 25.9 Å². The molecule has 0 aliphatic carbocycles. The molecule has 5 nitrogen and oxygen atoms in total. The number of carbonyl (C=O) groups excluding carboxylic acids is 1. The van der Waals surface area contributed by atoms with Crippen LogP contribution in [0.3, 0.4) is 0 Å². The number of piperidine rings is 1. The van der Waals surface area contributed by atoms with Crippen molar-refractivity contribution in [1.82, 2.24) is 10.2 Å². The number of nitrogens with zero attached hydrogens (tertiary/aromatic N) is 1. The lowest BCUT2D eigenvalue weighted by atomic mass is 10.0. The lowest BCUT2D eigenvalue weighted by Gasteiger charge is -2.35. The van der Waals surface area contributed by atoms with Gasteiger partial charge >= 0.3 is 0 Å². The molecule has 1 heterocycles. The Hall–Kier alpha value is -0.650. The molecule has 1 aliphatic heterocycles. The number of nitrogens with one attached hydrogen (secondary N) is 1. The lowest BCUT2D eigenvalue weighted by Crippen LogP contribution is -2.51. The molecule has 1 aliphatic rings. The molecule has 1 rings (SSSR count). The molecule has 0 aromatic heterocycles. The maximum atomic E-state index is 11.9. The Morgan fingerprint density at radius 3 is 2.11 bits per heavy atom. The van der Waals surface area contributed by atoms with Gasteiger partial charge in [-0.2, -0.15) is 0 Å². The van der Waals surface area contributed by atoms with Gasteiger partial charge in [-0.15, -0.1) is 0 Å². The summed E-state index contributed by atoms with van der Waals surface area (Å²) in [6.45, 7) is 7.65. The van der Waals surface area contributed by atoms with E-state index in [9.17, 15) is 4.79 Å². The van der Waals surface area contributed by atoms with Crippen LogP contribution < -0.4 is 5.32 Å². The van der Waals surface area contributed by atoms with E-state index in [-0.39, 0.29) is 24.2 Å². The Morgan fingerprint density at radius 2 is 1.68 bits per heavy atom. The largest absolute Gasteiger partial charge is 0.354 e. The van der Waals surface area contributed by atoms with Crippen LogP contribution >= 0.6 is 0 Å². The van der Waals surface area contributed by atoms with Crippen molar-refractivity contribution in [3.8, 4) is 0 Å². The van der Waals surface area contributed by atoms with E-state index in [1.165, 1.54) is 0 Å². The summed E-state index contributed by atoms with van der Waals surface area (Å²) in [4.78, 5) is 13.9. The summed E-state index contributed by atoms with van der Waals surface area (Å²) < 4.78 is 10.5. The SMILES string of the molecule is COC(OC)C(C)NC1CCN(C(=O)C(C)C)CC1. The summed E-state index contributed by atoms with van der Waals surface area (Å²) in [5.41, 5.74) is 0. The van der Waals surface area contributed by atoms with Crippen LogP contribution in [-0.4, -0.2) is 56.5 Å². The average Bonchev–Trinajstić information content (AvgIpc) is 2.40. The van der Waals surface area contributed by atoms with Crippen molar-refractivity contribution >= 4 is 5.91 Å². The average molecular weight is 272 g/mol. The number of carbonyl (C=O) groups is 1. The highest BCUT2D eigenvalue weighted by molar-refractivity contribution is 5.78. The van der Waals surface area contributed by atoms with Gasteiger partial charge in [0, 0.05) is 39.3 Å². The first kappa shape index (κ1) is 16.4. The smallest absolute Gasteiger partial charge is 0.225 e. The molecular weight excluding hydrogens is 244 g/mol. The van der Waals surface area contributed by atoms with E-state index in [1.54, 1.807) is 14.2 Å². The first-order chi connectivity index (χ1) is 8.99. The Labute approximate surface area is 116 Å². The van der Waals surface area contributed by atoms with Crippen LogP contribution in [0.25, 0.3) is 0 Å². The molecule has 1 N–H and O–H groups in total. The third-order valence-electron chi connectivity index (χ3n) is 3.67. The van der Waals surface area contributed by atoms with E-state index in [2.05, 4.69) is 12.2 Å². The zero-order valence-corrected chi connectivity index (χ0v) is 12.8. The van der Waals surface area contributed by atoms with E-state index >= 15 is 0 Å². The van der Waals surface area contributed by atoms with E-state index in [1.807, 2.05) is 18.7 Å². The first-order valence-electron chi connectivity index (χ1n) is 7.10. The van der Waals surface area contributed by atoms with Crippen molar-refractivity contribution in [3.05, 3.63) is 0 Å². The van der Waals surface area contributed by atoms with Gasteiger partial charge in [0.25, 0.3) is 0 Å². The van der Waals surface area contributed by atoms with Crippen molar-refractivity contribution in [3.63, 3.8) is 0 Å². The van der Waals surface area contributed by atoms with Crippen molar-refractivity contribution in [2.24, 2.45) is 5.92 Å². The summed E-state index contributed by atoms with van der Waals surface area (Å²) in [5, 5.41) is 3.52. The van der Waals surface area contributed by atoms with Crippen molar-refractivity contribution in [2.45, 2.75) is 52.0 Å². The zero-order valence-electron chi connectivity index (χ0n) is 12.8. The molecule has 0 saturated carbocycles. The molecule has 0 radical (unpaired) electrons. The maximum Gasteiger partial charge on any atom is 0.225 e. The molecule has 1 amide bonds. The first-order valence-corrected chi connectivity index (χ1v) is 7.10. The van der Waals surface area contributed by atoms with Gasteiger partial charge in [-0.25, -0.2) is 0 Å². The topological polar surface area (TPSA) is 50.8 Å². The number of hydrogen-bond acceptors (Lipinski definition) is 4. The summed E-state index contributed by atoms with van der Waals surface area (Å²) in [6.07, 6.45) is 1.75. The molecule has 0 aromatic rings. The fourth-order valence-electron chi connectivity index (χ4n) is 2.59. The monoisotopic (exact) mass is 272 g/mol. The molecule has 1 saturated heterocycles. The van der Waals surface area contributed by atoms with Crippen LogP contribution in [-0.2, 0) is 14.3 Å². The highest BCUT2D eigenvalue weighted by atomic mass is 16.7. The number of amides is 1. The summed E-state index contributed by atoms with van der Waals surface area (Å²) in [5.74, 6) is 0.355. The predicted molar refractivity (Wildman–Crippen MR) is 74.8 cm³/mol. The molecule has 0 spiro atoms. The fraction of sp³-hybridized carbons (Fsp3) is 0.929.